The van der Waals surface area contributed by atoms with Gasteiger partial charge in [-0.1, -0.05) is 24.3 Å². The van der Waals surface area contributed by atoms with Crippen LogP contribution in [0.2, 0.25) is 0 Å². The molecule has 1 saturated heterocycles. The summed E-state index contributed by atoms with van der Waals surface area (Å²) in [7, 11) is 0. The summed E-state index contributed by atoms with van der Waals surface area (Å²) in [6.07, 6.45) is -0.662. The highest BCUT2D eigenvalue weighted by molar-refractivity contribution is 5.98. The quantitative estimate of drug-likeness (QED) is 0.881. The Balaban J connectivity index is 1.64. The number of ether oxygens (including phenoxy) is 2. The topological polar surface area (TPSA) is 67.9 Å². The molecule has 142 valence electrons. The normalized spacial score (nSPS) is 15.1. The summed E-state index contributed by atoms with van der Waals surface area (Å²) in [5.41, 5.74) is 2.08. The minimum Gasteiger partial charge on any atom is -0.481 e. The number of anilines is 1. The molecule has 2 aromatic carbocycles. The molecule has 0 aliphatic carbocycles. The number of nitrogens with one attached hydrogen (secondary N) is 1. The van der Waals surface area contributed by atoms with E-state index in [0.717, 1.165) is 5.56 Å². The van der Waals surface area contributed by atoms with Crippen LogP contribution in [0.15, 0.2) is 48.5 Å². The van der Waals surface area contributed by atoms with E-state index in [9.17, 15) is 9.59 Å². The van der Waals surface area contributed by atoms with Gasteiger partial charge in [-0.2, -0.15) is 0 Å². The zero-order valence-corrected chi connectivity index (χ0v) is 15.6. The van der Waals surface area contributed by atoms with Crippen molar-refractivity contribution in [1.29, 1.82) is 0 Å². The molecule has 1 fully saturated rings. The first-order valence-electron chi connectivity index (χ1n) is 9.05. The van der Waals surface area contributed by atoms with Gasteiger partial charge >= 0.3 is 0 Å². The van der Waals surface area contributed by atoms with Gasteiger partial charge in [0.25, 0.3) is 11.8 Å². The van der Waals surface area contributed by atoms with Gasteiger partial charge in [-0.25, -0.2) is 0 Å². The van der Waals surface area contributed by atoms with Crippen molar-refractivity contribution in [2.75, 3.05) is 31.6 Å². The van der Waals surface area contributed by atoms with Gasteiger partial charge in [-0.15, -0.1) is 0 Å². The van der Waals surface area contributed by atoms with Gasteiger partial charge in [-0.05, 0) is 43.7 Å². The van der Waals surface area contributed by atoms with Crippen LogP contribution in [0.3, 0.4) is 0 Å². The van der Waals surface area contributed by atoms with Crippen LogP contribution in [0.5, 0.6) is 5.75 Å². The summed E-state index contributed by atoms with van der Waals surface area (Å²) in [5, 5.41) is 2.82. The van der Waals surface area contributed by atoms with Gasteiger partial charge in [-0.3, -0.25) is 9.59 Å². The molecule has 0 spiro atoms. The Bertz CT molecular complexity index is 815. The monoisotopic (exact) mass is 368 g/mol. The van der Waals surface area contributed by atoms with E-state index in [2.05, 4.69) is 5.32 Å². The van der Waals surface area contributed by atoms with E-state index in [4.69, 9.17) is 9.47 Å². The number of aryl methyl sites for hydroxylation is 1. The fraction of sp³-hybridized carbons (Fsp3) is 0.333. The van der Waals surface area contributed by atoms with E-state index >= 15 is 0 Å². The van der Waals surface area contributed by atoms with Crippen molar-refractivity contribution in [3.05, 3.63) is 59.7 Å². The fourth-order valence-electron chi connectivity index (χ4n) is 2.86. The molecule has 1 N–H and O–H groups in total. The Labute approximate surface area is 159 Å². The van der Waals surface area contributed by atoms with Gasteiger partial charge in [0.05, 0.1) is 13.2 Å². The van der Waals surface area contributed by atoms with Crippen LogP contribution in [0.1, 0.15) is 22.8 Å². The van der Waals surface area contributed by atoms with Crippen molar-refractivity contribution in [1.82, 2.24) is 4.90 Å². The smallest absolute Gasteiger partial charge is 0.265 e. The third-order valence-corrected chi connectivity index (χ3v) is 4.44. The van der Waals surface area contributed by atoms with Crippen LogP contribution in [-0.2, 0) is 9.53 Å². The van der Waals surface area contributed by atoms with Crippen molar-refractivity contribution in [3.8, 4) is 5.75 Å². The van der Waals surface area contributed by atoms with E-state index in [1.54, 1.807) is 36.1 Å². The average molecular weight is 368 g/mol. The Kier molecular flexibility index (Phi) is 6.08. The molecule has 1 atom stereocenters. The highest BCUT2D eigenvalue weighted by atomic mass is 16.5. The Morgan fingerprint density at radius 3 is 2.59 bits per heavy atom. The van der Waals surface area contributed by atoms with Gasteiger partial charge in [0, 0.05) is 24.3 Å². The Hall–Kier alpha value is -2.86. The van der Waals surface area contributed by atoms with Crippen molar-refractivity contribution in [3.63, 3.8) is 0 Å². The summed E-state index contributed by atoms with van der Waals surface area (Å²) in [6.45, 7) is 5.89. The van der Waals surface area contributed by atoms with Crippen molar-refractivity contribution in [2.45, 2.75) is 20.0 Å². The van der Waals surface area contributed by atoms with Crippen molar-refractivity contribution >= 4 is 17.5 Å². The summed E-state index contributed by atoms with van der Waals surface area (Å²) < 4.78 is 11.0. The highest BCUT2D eigenvalue weighted by Gasteiger charge is 2.20. The third-order valence-electron chi connectivity index (χ3n) is 4.44. The van der Waals surface area contributed by atoms with Crippen LogP contribution in [-0.4, -0.2) is 49.1 Å². The van der Waals surface area contributed by atoms with Crippen molar-refractivity contribution in [2.24, 2.45) is 0 Å². The standard InChI is InChI=1S/C21H24N2O4/c1-15-6-3-4-9-19(15)27-16(2)20(24)22-18-8-5-7-17(14-18)21(25)23-10-12-26-13-11-23/h3-9,14,16H,10-13H2,1-2H3,(H,22,24)/t16-/m1/s1. The average Bonchev–Trinajstić information content (AvgIpc) is 2.70. The molecular formula is C21H24N2O4. The van der Waals surface area contributed by atoms with Crippen LogP contribution >= 0.6 is 0 Å². The summed E-state index contributed by atoms with van der Waals surface area (Å²) in [6, 6.07) is 14.5. The summed E-state index contributed by atoms with van der Waals surface area (Å²) in [4.78, 5) is 26.8. The van der Waals surface area contributed by atoms with Crippen LogP contribution in [0, 0.1) is 6.92 Å². The molecule has 1 heterocycles. The molecule has 0 radical (unpaired) electrons. The van der Waals surface area contributed by atoms with E-state index in [1.807, 2.05) is 31.2 Å². The van der Waals surface area contributed by atoms with Gasteiger partial charge in [0.15, 0.2) is 6.10 Å². The number of morpholine rings is 1. The van der Waals surface area contributed by atoms with Gasteiger partial charge in [0.1, 0.15) is 5.75 Å². The Morgan fingerprint density at radius 1 is 1.11 bits per heavy atom. The number of nitrogens with zero attached hydrogens (tertiary/aromatic N) is 1. The summed E-state index contributed by atoms with van der Waals surface area (Å²) in [5.74, 6) is 0.351. The SMILES string of the molecule is Cc1ccccc1O[C@H](C)C(=O)Nc1cccc(C(=O)N2CCOCC2)c1. The lowest BCUT2D eigenvalue weighted by Crippen LogP contribution is -2.40. The number of rotatable bonds is 5. The lowest BCUT2D eigenvalue weighted by atomic mass is 10.1. The van der Waals surface area contributed by atoms with Crippen LogP contribution in [0.4, 0.5) is 5.69 Å². The molecule has 0 bridgehead atoms. The maximum absolute atomic E-state index is 12.6. The molecule has 0 aromatic heterocycles. The van der Waals surface area contributed by atoms with E-state index in [0.29, 0.717) is 43.3 Å². The molecule has 3 rings (SSSR count). The number of para-hydroxylation sites is 1. The summed E-state index contributed by atoms with van der Waals surface area (Å²) >= 11 is 0. The van der Waals surface area contributed by atoms with Gasteiger partial charge in [0.2, 0.25) is 0 Å². The largest absolute Gasteiger partial charge is 0.481 e. The predicted octanol–water partition coefficient (Wildman–Crippen LogP) is 2.87. The van der Waals surface area contributed by atoms with E-state index in [-0.39, 0.29) is 11.8 Å². The first-order chi connectivity index (χ1) is 13.0. The number of benzene rings is 2. The lowest BCUT2D eigenvalue weighted by molar-refractivity contribution is -0.122. The maximum Gasteiger partial charge on any atom is 0.265 e. The van der Waals surface area contributed by atoms with Crippen molar-refractivity contribution < 1.29 is 19.1 Å². The molecule has 2 aromatic rings. The number of hydrogen-bond acceptors (Lipinski definition) is 4. The number of carbonyl (C=O) groups excluding carboxylic acids is 2. The molecule has 6 nitrogen and oxygen atoms in total. The van der Waals surface area contributed by atoms with E-state index < -0.39 is 6.10 Å². The lowest BCUT2D eigenvalue weighted by Gasteiger charge is -2.27. The van der Waals surface area contributed by atoms with E-state index in [1.165, 1.54) is 0 Å². The molecule has 6 heteroatoms. The maximum atomic E-state index is 12.6. The predicted molar refractivity (Wildman–Crippen MR) is 103 cm³/mol. The second kappa shape index (κ2) is 8.68. The minimum absolute atomic E-state index is 0.0568. The molecule has 0 unspecified atom stereocenters. The Morgan fingerprint density at radius 2 is 1.85 bits per heavy atom. The zero-order chi connectivity index (χ0) is 19.2. The second-order valence-electron chi connectivity index (χ2n) is 6.50. The highest BCUT2D eigenvalue weighted by Crippen LogP contribution is 2.19. The second-order valence-corrected chi connectivity index (χ2v) is 6.50. The minimum atomic E-state index is -0.662. The van der Waals surface area contributed by atoms with Gasteiger partial charge < -0.3 is 19.7 Å². The number of amides is 2. The molecule has 0 saturated carbocycles. The van der Waals surface area contributed by atoms with Crippen LogP contribution in [0.25, 0.3) is 0 Å². The number of hydrogen-bond donors (Lipinski definition) is 1. The molecule has 2 amide bonds. The zero-order valence-electron chi connectivity index (χ0n) is 15.6. The first kappa shape index (κ1) is 18.9. The molecular weight excluding hydrogens is 344 g/mol. The molecule has 1 aliphatic rings. The molecule has 27 heavy (non-hydrogen) atoms. The first-order valence-corrected chi connectivity index (χ1v) is 9.05. The third kappa shape index (κ3) is 4.86. The fourth-order valence-corrected chi connectivity index (χ4v) is 2.86. The van der Waals surface area contributed by atoms with Crippen LogP contribution < -0.4 is 10.1 Å². The molecule has 1 aliphatic heterocycles. The number of carbonyl (C=O) groups is 2.